The highest BCUT2D eigenvalue weighted by molar-refractivity contribution is 5.20. The largest absolute Gasteiger partial charge is 0.348 e. The van der Waals surface area contributed by atoms with Crippen molar-refractivity contribution in [1.29, 1.82) is 0 Å². The zero-order valence-electron chi connectivity index (χ0n) is 7.58. The van der Waals surface area contributed by atoms with Gasteiger partial charge in [-0.3, -0.25) is 14.7 Å². The van der Waals surface area contributed by atoms with Crippen molar-refractivity contribution in [3.63, 3.8) is 0 Å². The lowest BCUT2D eigenvalue weighted by molar-refractivity contribution is -0.385. The van der Waals surface area contributed by atoms with E-state index in [9.17, 15) is 14.9 Å². The SMILES string of the molecule is CC(N)Cn1cc([N+](=O)[O-])cnc1=O. The molecule has 0 saturated heterocycles. The highest BCUT2D eigenvalue weighted by atomic mass is 16.6. The monoisotopic (exact) mass is 198 g/mol. The van der Waals surface area contributed by atoms with Gasteiger partial charge in [-0.15, -0.1) is 0 Å². The first-order valence-corrected chi connectivity index (χ1v) is 3.97. The maximum absolute atomic E-state index is 11.1. The van der Waals surface area contributed by atoms with Crippen LogP contribution >= 0.6 is 0 Å². The van der Waals surface area contributed by atoms with Gasteiger partial charge in [0.05, 0.1) is 11.1 Å². The van der Waals surface area contributed by atoms with Crippen LogP contribution in [0.25, 0.3) is 0 Å². The molecule has 0 saturated carbocycles. The summed E-state index contributed by atoms with van der Waals surface area (Å²) >= 11 is 0. The number of hydrogen-bond acceptors (Lipinski definition) is 5. The van der Waals surface area contributed by atoms with Gasteiger partial charge in [0.2, 0.25) is 0 Å². The van der Waals surface area contributed by atoms with Crippen LogP contribution in [0.5, 0.6) is 0 Å². The molecule has 0 fully saturated rings. The summed E-state index contributed by atoms with van der Waals surface area (Å²) in [5.41, 5.74) is 4.71. The number of aromatic nitrogens is 2. The van der Waals surface area contributed by atoms with Crippen LogP contribution < -0.4 is 11.4 Å². The molecule has 7 heteroatoms. The van der Waals surface area contributed by atoms with Gasteiger partial charge in [0.25, 0.3) is 0 Å². The molecular formula is C7H10N4O3. The van der Waals surface area contributed by atoms with Crippen molar-refractivity contribution < 1.29 is 4.92 Å². The zero-order valence-corrected chi connectivity index (χ0v) is 7.58. The van der Waals surface area contributed by atoms with E-state index in [1.165, 1.54) is 0 Å². The first-order chi connectivity index (χ1) is 6.50. The maximum Gasteiger partial charge on any atom is 0.348 e. The minimum absolute atomic E-state index is 0.216. The van der Waals surface area contributed by atoms with Gasteiger partial charge in [-0.1, -0.05) is 0 Å². The summed E-state index contributed by atoms with van der Waals surface area (Å²) in [5, 5.41) is 10.4. The summed E-state index contributed by atoms with van der Waals surface area (Å²) in [6.07, 6.45) is 2.07. The summed E-state index contributed by atoms with van der Waals surface area (Å²) in [7, 11) is 0. The maximum atomic E-state index is 11.1. The molecule has 14 heavy (non-hydrogen) atoms. The second-order valence-electron chi connectivity index (χ2n) is 2.98. The number of hydrogen-bond donors (Lipinski definition) is 1. The minimum Gasteiger partial charge on any atom is -0.326 e. The van der Waals surface area contributed by atoms with Crippen LogP contribution in [0.15, 0.2) is 17.2 Å². The van der Waals surface area contributed by atoms with Gasteiger partial charge in [-0.05, 0) is 6.92 Å². The Morgan fingerprint density at radius 1 is 1.79 bits per heavy atom. The highest BCUT2D eigenvalue weighted by Crippen LogP contribution is 2.04. The van der Waals surface area contributed by atoms with Crippen molar-refractivity contribution in [2.24, 2.45) is 5.73 Å². The van der Waals surface area contributed by atoms with E-state index in [-0.39, 0.29) is 18.3 Å². The fourth-order valence-corrected chi connectivity index (χ4v) is 0.979. The standard InChI is InChI=1S/C7H10N4O3/c1-5(8)3-10-4-6(11(13)14)2-9-7(10)12/h2,4-5H,3,8H2,1H3. The summed E-state index contributed by atoms with van der Waals surface area (Å²) in [6.45, 7) is 1.92. The van der Waals surface area contributed by atoms with Gasteiger partial charge in [-0.2, -0.15) is 4.98 Å². The first-order valence-electron chi connectivity index (χ1n) is 3.97. The van der Waals surface area contributed by atoms with E-state index in [1.807, 2.05) is 0 Å². The molecule has 1 atom stereocenters. The summed E-state index contributed by atoms with van der Waals surface area (Å²) in [6, 6.07) is -0.253. The fourth-order valence-electron chi connectivity index (χ4n) is 0.979. The molecule has 0 aliphatic rings. The Morgan fingerprint density at radius 3 is 2.93 bits per heavy atom. The molecule has 0 radical (unpaired) electrons. The molecule has 7 nitrogen and oxygen atoms in total. The molecule has 0 aromatic carbocycles. The normalized spacial score (nSPS) is 12.4. The van der Waals surface area contributed by atoms with E-state index in [4.69, 9.17) is 5.73 Å². The van der Waals surface area contributed by atoms with E-state index in [1.54, 1.807) is 6.92 Å². The predicted octanol–water partition coefficient (Wildman–Crippen LogP) is -0.501. The number of nitro groups is 1. The summed E-state index contributed by atoms with van der Waals surface area (Å²) < 4.78 is 1.13. The molecule has 0 aliphatic heterocycles. The number of nitrogens with zero attached hydrogens (tertiary/aromatic N) is 3. The topological polar surface area (TPSA) is 104 Å². The molecule has 0 aliphatic carbocycles. The van der Waals surface area contributed by atoms with Gasteiger partial charge in [-0.25, -0.2) is 4.79 Å². The molecule has 0 amide bonds. The molecule has 1 heterocycles. The van der Waals surface area contributed by atoms with Gasteiger partial charge in [0, 0.05) is 12.6 Å². The third-order valence-electron chi connectivity index (χ3n) is 1.54. The smallest absolute Gasteiger partial charge is 0.326 e. The van der Waals surface area contributed by atoms with Crippen LogP contribution in [0.4, 0.5) is 5.69 Å². The second kappa shape index (κ2) is 3.97. The van der Waals surface area contributed by atoms with Crippen molar-refractivity contribution in [1.82, 2.24) is 9.55 Å². The van der Waals surface area contributed by atoms with Crippen LogP contribution in [-0.2, 0) is 6.54 Å². The summed E-state index contributed by atoms with van der Waals surface area (Å²) in [5.74, 6) is 0. The Hall–Kier alpha value is -1.76. The van der Waals surface area contributed by atoms with Crippen LogP contribution in [0.1, 0.15) is 6.92 Å². The van der Waals surface area contributed by atoms with E-state index >= 15 is 0 Å². The highest BCUT2D eigenvalue weighted by Gasteiger charge is 2.09. The quantitative estimate of drug-likeness (QED) is 0.520. The Balaban J connectivity index is 3.08. The van der Waals surface area contributed by atoms with Crippen LogP contribution in [0, 0.1) is 10.1 Å². The molecule has 76 valence electrons. The Kier molecular flexibility index (Phi) is 2.92. The second-order valence-corrected chi connectivity index (χ2v) is 2.98. The molecule has 1 aromatic heterocycles. The van der Waals surface area contributed by atoms with Crippen LogP contribution in [-0.4, -0.2) is 20.5 Å². The molecule has 1 unspecified atom stereocenters. The van der Waals surface area contributed by atoms with Crippen LogP contribution in [0.3, 0.4) is 0 Å². The number of nitrogens with two attached hydrogens (primary N) is 1. The molecular weight excluding hydrogens is 188 g/mol. The molecule has 0 spiro atoms. The van der Waals surface area contributed by atoms with E-state index < -0.39 is 10.6 Å². The number of rotatable bonds is 3. The third-order valence-corrected chi connectivity index (χ3v) is 1.54. The molecule has 0 bridgehead atoms. The Labute approximate surface area is 79.3 Å². The van der Waals surface area contributed by atoms with Crippen molar-refractivity contribution in [2.75, 3.05) is 0 Å². The van der Waals surface area contributed by atoms with Crippen molar-refractivity contribution >= 4 is 5.69 Å². The van der Waals surface area contributed by atoms with Crippen molar-refractivity contribution in [3.05, 3.63) is 33.0 Å². The average Bonchev–Trinajstić information content (AvgIpc) is 2.07. The zero-order chi connectivity index (χ0) is 10.7. The first kappa shape index (κ1) is 10.3. The van der Waals surface area contributed by atoms with Crippen molar-refractivity contribution in [3.8, 4) is 0 Å². The van der Waals surface area contributed by atoms with Crippen molar-refractivity contribution in [2.45, 2.75) is 19.5 Å². The van der Waals surface area contributed by atoms with E-state index in [2.05, 4.69) is 4.98 Å². The minimum atomic E-state index is -0.607. The van der Waals surface area contributed by atoms with E-state index in [0.29, 0.717) is 0 Å². The average molecular weight is 198 g/mol. The van der Waals surface area contributed by atoms with Crippen LogP contribution in [0.2, 0.25) is 0 Å². The lowest BCUT2D eigenvalue weighted by atomic mass is 10.3. The predicted molar refractivity (Wildman–Crippen MR) is 48.8 cm³/mol. The van der Waals surface area contributed by atoms with Gasteiger partial charge in [0.15, 0.2) is 0 Å². The third kappa shape index (κ3) is 2.36. The molecule has 1 aromatic rings. The Morgan fingerprint density at radius 2 is 2.43 bits per heavy atom. The summed E-state index contributed by atoms with van der Waals surface area (Å²) in [4.78, 5) is 24.2. The Bertz CT molecular complexity index is 398. The van der Waals surface area contributed by atoms with Gasteiger partial charge in [0.1, 0.15) is 6.20 Å². The fraction of sp³-hybridized carbons (Fsp3) is 0.429. The molecule has 1 rings (SSSR count). The lowest BCUT2D eigenvalue weighted by Gasteiger charge is -2.06. The molecule has 2 N–H and O–H groups in total. The lowest BCUT2D eigenvalue weighted by Crippen LogP contribution is -2.30. The van der Waals surface area contributed by atoms with Gasteiger partial charge >= 0.3 is 11.4 Å². The van der Waals surface area contributed by atoms with E-state index in [0.717, 1.165) is 17.0 Å². The van der Waals surface area contributed by atoms with Gasteiger partial charge < -0.3 is 5.73 Å².